The number of benzene rings is 1. The number of halogens is 1. The Kier molecular flexibility index (Phi) is 3.85. The van der Waals surface area contributed by atoms with Gasteiger partial charge >= 0.3 is 5.69 Å². The molecule has 1 aliphatic rings. The van der Waals surface area contributed by atoms with Crippen molar-refractivity contribution in [2.75, 3.05) is 13.1 Å². The Balaban J connectivity index is 2.19. The van der Waals surface area contributed by atoms with Crippen LogP contribution in [0.1, 0.15) is 32.7 Å². The molecular weight excluding hydrogens is 269 g/mol. The summed E-state index contributed by atoms with van der Waals surface area (Å²) in [5.74, 6) is 0.0560. The quantitative estimate of drug-likeness (QED) is 0.944. The van der Waals surface area contributed by atoms with Gasteiger partial charge in [0.25, 0.3) is 0 Å². The third-order valence-electron chi connectivity index (χ3n) is 4.15. The summed E-state index contributed by atoms with van der Waals surface area (Å²) in [4.78, 5) is 12.8. The number of aromatic nitrogens is 2. The standard InChI is InChI=1S/C16H22FN3O/c1-11(2)10-19-15-9-12(17)3-4-14(15)20(16(19)21)13-5-7-18-8-6-13/h3-4,9,11,13,18H,5-8,10H2,1-2H3. The molecule has 1 aliphatic heterocycles. The molecule has 1 saturated heterocycles. The molecule has 0 spiro atoms. The molecule has 2 aromatic rings. The summed E-state index contributed by atoms with van der Waals surface area (Å²) in [5.41, 5.74) is 1.57. The van der Waals surface area contributed by atoms with Crippen molar-refractivity contribution in [1.82, 2.24) is 14.5 Å². The van der Waals surface area contributed by atoms with Crippen molar-refractivity contribution in [3.63, 3.8) is 0 Å². The van der Waals surface area contributed by atoms with Crippen LogP contribution in [0, 0.1) is 11.7 Å². The Labute approximate surface area is 123 Å². The molecule has 0 radical (unpaired) electrons. The van der Waals surface area contributed by atoms with Gasteiger partial charge < -0.3 is 5.32 Å². The van der Waals surface area contributed by atoms with E-state index in [4.69, 9.17) is 0 Å². The third kappa shape index (κ3) is 2.62. The lowest BCUT2D eigenvalue weighted by Gasteiger charge is -2.23. The van der Waals surface area contributed by atoms with Crippen LogP contribution in [0.3, 0.4) is 0 Å². The molecule has 0 atom stereocenters. The van der Waals surface area contributed by atoms with E-state index < -0.39 is 0 Å². The van der Waals surface area contributed by atoms with Crippen molar-refractivity contribution in [2.45, 2.75) is 39.3 Å². The number of nitrogens with one attached hydrogen (secondary N) is 1. The molecule has 0 saturated carbocycles. The normalized spacial score (nSPS) is 17.0. The van der Waals surface area contributed by atoms with Crippen molar-refractivity contribution >= 4 is 11.0 Å². The lowest BCUT2D eigenvalue weighted by Crippen LogP contribution is -2.35. The Bertz CT molecular complexity index is 695. The van der Waals surface area contributed by atoms with Gasteiger partial charge in [-0.05, 0) is 50.0 Å². The van der Waals surface area contributed by atoms with E-state index in [0.29, 0.717) is 18.0 Å². The monoisotopic (exact) mass is 291 g/mol. The van der Waals surface area contributed by atoms with Crippen LogP contribution in [0.4, 0.5) is 4.39 Å². The fourth-order valence-electron chi connectivity index (χ4n) is 3.21. The van der Waals surface area contributed by atoms with Gasteiger partial charge in [0.05, 0.1) is 11.0 Å². The fraction of sp³-hybridized carbons (Fsp3) is 0.562. The van der Waals surface area contributed by atoms with Crippen LogP contribution in [-0.4, -0.2) is 22.2 Å². The van der Waals surface area contributed by atoms with Crippen molar-refractivity contribution in [3.05, 3.63) is 34.5 Å². The van der Waals surface area contributed by atoms with E-state index in [-0.39, 0.29) is 17.5 Å². The average molecular weight is 291 g/mol. The topological polar surface area (TPSA) is 39.0 Å². The van der Waals surface area contributed by atoms with Crippen LogP contribution >= 0.6 is 0 Å². The summed E-state index contributed by atoms with van der Waals surface area (Å²) in [5, 5.41) is 3.32. The number of imidazole rings is 1. The molecule has 0 aliphatic carbocycles. The van der Waals surface area contributed by atoms with Crippen molar-refractivity contribution in [1.29, 1.82) is 0 Å². The zero-order chi connectivity index (χ0) is 15.0. The van der Waals surface area contributed by atoms with Gasteiger partial charge in [0.1, 0.15) is 5.82 Å². The summed E-state index contributed by atoms with van der Waals surface area (Å²) in [6.45, 7) is 6.61. The highest BCUT2D eigenvalue weighted by atomic mass is 19.1. The van der Waals surface area contributed by atoms with E-state index >= 15 is 0 Å². The van der Waals surface area contributed by atoms with Gasteiger partial charge in [0.2, 0.25) is 0 Å². The highest BCUT2D eigenvalue weighted by Gasteiger charge is 2.22. The SMILES string of the molecule is CC(C)Cn1c(=O)n(C2CCNCC2)c2ccc(F)cc21. The summed E-state index contributed by atoms with van der Waals surface area (Å²) < 4.78 is 17.2. The van der Waals surface area contributed by atoms with Crippen LogP contribution < -0.4 is 11.0 Å². The lowest BCUT2D eigenvalue weighted by atomic mass is 10.1. The predicted molar refractivity (Wildman–Crippen MR) is 82.1 cm³/mol. The van der Waals surface area contributed by atoms with Gasteiger partial charge in [-0.1, -0.05) is 13.8 Å². The number of nitrogens with zero attached hydrogens (tertiary/aromatic N) is 2. The summed E-state index contributed by atoms with van der Waals surface area (Å²) in [7, 11) is 0. The van der Waals surface area contributed by atoms with Crippen LogP contribution in [0.25, 0.3) is 11.0 Å². The van der Waals surface area contributed by atoms with Crippen LogP contribution in [-0.2, 0) is 6.54 Å². The largest absolute Gasteiger partial charge is 0.329 e. The maximum atomic E-state index is 13.6. The first kappa shape index (κ1) is 14.3. The Morgan fingerprint density at radius 3 is 2.67 bits per heavy atom. The molecule has 5 heteroatoms. The minimum atomic E-state index is -0.289. The number of rotatable bonds is 3. The molecule has 3 rings (SSSR count). The first-order chi connectivity index (χ1) is 10.1. The van der Waals surface area contributed by atoms with E-state index in [1.165, 1.54) is 12.1 Å². The second-order valence-corrected chi connectivity index (χ2v) is 6.27. The highest BCUT2D eigenvalue weighted by molar-refractivity contribution is 5.76. The first-order valence-electron chi connectivity index (χ1n) is 7.69. The van der Waals surface area contributed by atoms with Crippen molar-refractivity contribution < 1.29 is 4.39 Å². The minimum Gasteiger partial charge on any atom is -0.317 e. The molecule has 21 heavy (non-hydrogen) atoms. The number of piperidine rings is 1. The number of fused-ring (bicyclic) bond motifs is 1. The van der Waals surface area contributed by atoms with Crippen LogP contribution in [0.15, 0.2) is 23.0 Å². The van der Waals surface area contributed by atoms with Gasteiger partial charge in [-0.3, -0.25) is 9.13 Å². The molecule has 2 heterocycles. The molecule has 114 valence electrons. The number of hydrogen-bond acceptors (Lipinski definition) is 2. The molecule has 0 amide bonds. The molecule has 1 fully saturated rings. The van der Waals surface area contributed by atoms with Gasteiger partial charge in [-0.15, -0.1) is 0 Å². The van der Waals surface area contributed by atoms with Crippen LogP contribution in [0.2, 0.25) is 0 Å². The predicted octanol–water partition coefficient (Wildman–Crippen LogP) is 2.52. The molecule has 0 unspecified atom stereocenters. The fourth-order valence-corrected chi connectivity index (χ4v) is 3.21. The number of hydrogen-bond donors (Lipinski definition) is 1. The Morgan fingerprint density at radius 2 is 2.00 bits per heavy atom. The smallest absolute Gasteiger partial charge is 0.317 e. The van der Waals surface area contributed by atoms with Crippen molar-refractivity contribution in [2.24, 2.45) is 5.92 Å². The summed E-state index contributed by atoms with van der Waals surface area (Å²) in [6, 6.07) is 4.88. The first-order valence-corrected chi connectivity index (χ1v) is 7.69. The second-order valence-electron chi connectivity index (χ2n) is 6.27. The summed E-state index contributed by atoms with van der Waals surface area (Å²) >= 11 is 0. The zero-order valence-electron chi connectivity index (χ0n) is 12.6. The lowest BCUT2D eigenvalue weighted by molar-refractivity contribution is 0.362. The highest BCUT2D eigenvalue weighted by Crippen LogP contribution is 2.24. The van der Waals surface area contributed by atoms with E-state index in [9.17, 15) is 9.18 Å². The Morgan fingerprint density at radius 1 is 1.29 bits per heavy atom. The third-order valence-corrected chi connectivity index (χ3v) is 4.15. The molecule has 1 aromatic heterocycles. The second kappa shape index (κ2) is 5.64. The molecule has 1 aromatic carbocycles. The molecule has 4 nitrogen and oxygen atoms in total. The van der Waals surface area contributed by atoms with Gasteiger partial charge in [0.15, 0.2) is 0 Å². The molecule has 1 N–H and O–H groups in total. The van der Waals surface area contributed by atoms with E-state index in [1.54, 1.807) is 10.6 Å². The maximum absolute atomic E-state index is 13.6. The van der Waals surface area contributed by atoms with Gasteiger partial charge in [-0.2, -0.15) is 0 Å². The van der Waals surface area contributed by atoms with Crippen LogP contribution in [0.5, 0.6) is 0 Å². The molecule has 0 bridgehead atoms. The molecular formula is C16H22FN3O. The average Bonchev–Trinajstić information content (AvgIpc) is 2.72. The summed E-state index contributed by atoms with van der Waals surface area (Å²) in [6.07, 6.45) is 1.89. The zero-order valence-corrected chi connectivity index (χ0v) is 12.6. The van der Waals surface area contributed by atoms with Crippen molar-refractivity contribution in [3.8, 4) is 0 Å². The maximum Gasteiger partial charge on any atom is 0.329 e. The van der Waals surface area contributed by atoms with E-state index in [2.05, 4.69) is 19.2 Å². The van der Waals surface area contributed by atoms with E-state index in [0.717, 1.165) is 31.4 Å². The minimum absolute atomic E-state index is 0.00352. The van der Waals surface area contributed by atoms with Gasteiger partial charge in [-0.25, -0.2) is 9.18 Å². The Hall–Kier alpha value is -1.62. The van der Waals surface area contributed by atoms with E-state index in [1.807, 2.05) is 4.57 Å². The van der Waals surface area contributed by atoms with Gasteiger partial charge in [0, 0.05) is 12.6 Å².